The van der Waals surface area contributed by atoms with Crippen molar-refractivity contribution < 1.29 is 0 Å². The molecule has 3 heterocycles. The summed E-state index contributed by atoms with van der Waals surface area (Å²) in [7, 11) is 0. The van der Waals surface area contributed by atoms with Crippen molar-refractivity contribution in [2.75, 3.05) is 16.8 Å². The van der Waals surface area contributed by atoms with E-state index < -0.39 is 0 Å². The van der Waals surface area contributed by atoms with Crippen LogP contribution in [0.5, 0.6) is 0 Å². The van der Waals surface area contributed by atoms with Gasteiger partial charge < -0.3 is 10.2 Å². The lowest BCUT2D eigenvalue weighted by Crippen LogP contribution is -2.47. The van der Waals surface area contributed by atoms with E-state index in [1.807, 2.05) is 0 Å². The summed E-state index contributed by atoms with van der Waals surface area (Å²) >= 11 is 1.72. The molecule has 2 aromatic rings. The van der Waals surface area contributed by atoms with Gasteiger partial charge in [0.15, 0.2) is 0 Å². The number of nitrogens with one attached hydrogen (secondary N) is 1. The molecule has 2 atom stereocenters. The zero-order chi connectivity index (χ0) is 17.9. The van der Waals surface area contributed by atoms with E-state index in [1.54, 1.807) is 11.3 Å². The maximum absolute atomic E-state index is 4.96. The van der Waals surface area contributed by atoms with Crippen molar-refractivity contribution in [3.8, 4) is 0 Å². The van der Waals surface area contributed by atoms with Crippen LogP contribution in [-0.4, -0.2) is 22.6 Å². The Labute approximate surface area is 161 Å². The van der Waals surface area contributed by atoms with Gasteiger partial charge in [-0.1, -0.05) is 26.2 Å². The standard InChI is InChI=1S/C21H30N4S/c1-3-7-17-14-19(23-21(22-17)24-20-15(2)11-13-26-20)25-12-6-9-16-8-4-5-10-18(16)25/h11,13-14,16,18H,3-10,12H2,1-2H3,(H,22,23,24). The molecule has 2 aromatic heterocycles. The molecule has 1 aliphatic heterocycles. The minimum atomic E-state index is 0.679. The van der Waals surface area contributed by atoms with E-state index in [2.05, 4.69) is 41.6 Å². The average molecular weight is 371 g/mol. The first-order chi connectivity index (χ1) is 12.7. The number of aromatic nitrogens is 2. The summed E-state index contributed by atoms with van der Waals surface area (Å²) < 4.78 is 0. The highest BCUT2D eigenvalue weighted by atomic mass is 32.1. The van der Waals surface area contributed by atoms with Gasteiger partial charge in [-0.15, -0.1) is 11.3 Å². The molecule has 2 unspecified atom stereocenters. The molecule has 0 aromatic carbocycles. The molecular formula is C21H30N4S. The topological polar surface area (TPSA) is 41.1 Å². The van der Waals surface area contributed by atoms with Gasteiger partial charge >= 0.3 is 0 Å². The summed E-state index contributed by atoms with van der Waals surface area (Å²) in [6, 6.07) is 5.06. The molecule has 5 heteroatoms. The van der Waals surface area contributed by atoms with E-state index in [-0.39, 0.29) is 0 Å². The number of hydrogen-bond acceptors (Lipinski definition) is 5. The van der Waals surface area contributed by atoms with Crippen molar-refractivity contribution >= 4 is 28.1 Å². The largest absolute Gasteiger partial charge is 0.353 e. The SMILES string of the molecule is CCCc1cc(N2CCCC3CCCCC32)nc(Nc2sccc2C)n1. The lowest BCUT2D eigenvalue weighted by Gasteiger charge is -2.44. The van der Waals surface area contributed by atoms with Gasteiger partial charge in [0.05, 0.1) is 5.00 Å². The molecule has 140 valence electrons. The predicted molar refractivity (Wildman–Crippen MR) is 111 cm³/mol. The number of hydrogen-bond donors (Lipinski definition) is 1. The first kappa shape index (κ1) is 17.8. The van der Waals surface area contributed by atoms with E-state index in [4.69, 9.17) is 9.97 Å². The van der Waals surface area contributed by atoms with Crippen LogP contribution in [0.3, 0.4) is 0 Å². The molecule has 4 rings (SSSR count). The van der Waals surface area contributed by atoms with Crippen LogP contribution in [0.1, 0.15) is 63.1 Å². The molecular weight excluding hydrogens is 340 g/mol. The Hall–Kier alpha value is -1.62. The van der Waals surface area contributed by atoms with Crippen molar-refractivity contribution in [1.29, 1.82) is 0 Å². The first-order valence-corrected chi connectivity index (χ1v) is 11.1. The van der Waals surface area contributed by atoms with Crippen LogP contribution in [0.4, 0.5) is 16.8 Å². The Morgan fingerprint density at radius 2 is 2.04 bits per heavy atom. The highest BCUT2D eigenvalue weighted by Crippen LogP contribution is 2.37. The van der Waals surface area contributed by atoms with E-state index in [0.29, 0.717) is 6.04 Å². The molecule has 0 radical (unpaired) electrons. The zero-order valence-corrected chi connectivity index (χ0v) is 16.8. The van der Waals surface area contributed by atoms with Gasteiger partial charge in [-0.3, -0.25) is 0 Å². The van der Waals surface area contributed by atoms with Gasteiger partial charge in [-0.25, -0.2) is 4.98 Å². The molecule has 2 fully saturated rings. The van der Waals surface area contributed by atoms with Crippen LogP contribution < -0.4 is 10.2 Å². The molecule has 0 amide bonds. The van der Waals surface area contributed by atoms with E-state index in [1.165, 1.54) is 44.1 Å². The lowest BCUT2D eigenvalue weighted by molar-refractivity contribution is 0.242. The van der Waals surface area contributed by atoms with E-state index in [9.17, 15) is 0 Å². The highest BCUT2D eigenvalue weighted by Gasteiger charge is 2.34. The highest BCUT2D eigenvalue weighted by molar-refractivity contribution is 7.14. The number of fused-ring (bicyclic) bond motifs is 1. The van der Waals surface area contributed by atoms with Crippen LogP contribution in [0.15, 0.2) is 17.5 Å². The van der Waals surface area contributed by atoms with Crippen LogP contribution >= 0.6 is 11.3 Å². The van der Waals surface area contributed by atoms with Crippen molar-refractivity contribution in [3.05, 3.63) is 28.8 Å². The number of aryl methyl sites for hydroxylation is 2. The number of rotatable bonds is 5. The minimum Gasteiger partial charge on any atom is -0.353 e. The Kier molecular flexibility index (Phi) is 5.44. The van der Waals surface area contributed by atoms with Crippen molar-refractivity contribution in [3.63, 3.8) is 0 Å². The Balaban J connectivity index is 1.64. The van der Waals surface area contributed by atoms with E-state index in [0.717, 1.165) is 47.8 Å². The van der Waals surface area contributed by atoms with Gasteiger partial charge in [0.1, 0.15) is 5.82 Å². The molecule has 0 spiro atoms. The second-order valence-electron chi connectivity index (χ2n) is 7.80. The number of anilines is 3. The lowest BCUT2D eigenvalue weighted by atomic mass is 9.78. The van der Waals surface area contributed by atoms with Crippen LogP contribution in [0.2, 0.25) is 0 Å². The fraction of sp³-hybridized carbons (Fsp3) is 0.619. The maximum atomic E-state index is 4.96. The third kappa shape index (κ3) is 3.73. The summed E-state index contributed by atoms with van der Waals surface area (Å²) in [5, 5.41) is 6.74. The average Bonchev–Trinajstić information content (AvgIpc) is 3.06. The molecule has 1 saturated carbocycles. The second-order valence-corrected chi connectivity index (χ2v) is 8.71. The van der Waals surface area contributed by atoms with Crippen molar-refractivity contribution in [2.45, 2.75) is 71.3 Å². The molecule has 26 heavy (non-hydrogen) atoms. The smallest absolute Gasteiger partial charge is 0.230 e. The van der Waals surface area contributed by atoms with Crippen molar-refractivity contribution in [1.82, 2.24) is 9.97 Å². The van der Waals surface area contributed by atoms with Crippen LogP contribution in [-0.2, 0) is 6.42 Å². The van der Waals surface area contributed by atoms with Crippen molar-refractivity contribution in [2.24, 2.45) is 5.92 Å². The summed E-state index contributed by atoms with van der Waals surface area (Å²) in [6.07, 6.45) is 10.3. The molecule has 1 aliphatic carbocycles. The quantitative estimate of drug-likeness (QED) is 0.733. The van der Waals surface area contributed by atoms with E-state index >= 15 is 0 Å². The van der Waals surface area contributed by atoms with Gasteiger partial charge in [-0.2, -0.15) is 4.98 Å². The summed E-state index contributed by atoms with van der Waals surface area (Å²) in [5.74, 6) is 2.75. The Morgan fingerprint density at radius 1 is 1.19 bits per heavy atom. The molecule has 2 aliphatic rings. The number of thiophene rings is 1. The fourth-order valence-electron chi connectivity index (χ4n) is 4.58. The summed E-state index contributed by atoms with van der Waals surface area (Å²) in [5.41, 5.74) is 2.42. The predicted octanol–water partition coefficient (Wildman–Crippen LogP) is 5.70. The summed E-state index contributed by atoms with van der Waals surface area (Å²) in [4.78, 5) is 12.4. The minimum absolute atomic E-state index is 0.679. The number of piperidine rings is 1. The second kappa shape index (κ2) is 7.95. The third-order valence-electron chi connectivity index (χ3n) is 5.90. The zero-order valence-electron chi connectivity index (χ0n) is 16.0. The monoisotopic (exact) mass is 370 g/mol. The Morgan fingerprint density at radius 3 is 2.85 bits per heavy atom. The van der Waals surface area contributed by atoms with Gasteiger partial charge in [0, 0.05) is 24.3 Å². The van der Waals surface area contributed by atoms with Gasteiger partial charge in [0.25, 0.3) is 0 Å². The maximum Gasteiger partial charge on any atom is 0.230 e. The van der Waals surface area contributed by atoms with Gasteiger partial charge in [-0.05, 0) is 62.0 Å². The first-order valence-electron chi connectivity index (χ1n) is 10.2. The van der Waals surface area contributed by atoms with Crippen LogP contribution in [0, 0.1) is 12.8 Å². The normalized spacial score (nSPS) is 22.9. The molecule has 1 N–H and O–H groups in total. The molecule has 1 saturated heterocycles. The summed E-state index contributed by atoms with van der Waals surface area (Å²) in [6.45, 7) is 5.49. The van der Waals surface area contributed by atoms with Crippen LogP contribution in [0.25, 0.3) is 0 Å². The molecule has 4 nitrogen and oxygen atoms in total. The fourth-order valence-corrected chi connectivity index (χ4v) is 5.39. The Bertz CT molecular complexity index is 739. The molecule has 0 bridgehead atoms. The number of nitrogens with zero attached hydrogens (tertiary/aromatic N) is 3. The van der Waals surface area contributed by atoms with Gasteiger partial charge in [0.2, 0.25) is 5.95 Å². The third-order valence-corrected chi connectivity index (χ3v) is 6.83.